The van der Waals surface area contributed by atoms with Gasteiger partial charge in [-0.15, -0.1) is 0 Å². The zero-order valence-electron chi connectivity index (χ0n) is 9.94. The van der Waals surface area contributed by atoms with Gasteiger partial charge in [-0.05, 0) is 12.1 Å². The van der Waals surface area contributed by atoms with E-state index in [1.807, 2.05) is 24.3 Å². The van der Waals surface area contributed by atoms with E-state index in [4.69, 9.17) is 10.5 Å². The molecule has 0 saturated carbocycles. The minimum Gasteiger partial charge on any atom is -0.494 e. The highest BCUT2D eigenvalue weighted by molar-refractivity contribution is 5.84. The van der Waals surface area contributed by atoms with Gasteiger partial charge in [-0.2, -0.15) is 0 Å². The Balaban J connectivity index is 2.28. The fourth-order valence-electron chi connectivity index (χ4n) is 1.74. The maximum atomic E-state index is 5.43. The molecule has 0 bridgehead atoms. The third-order valence-electron chi connectivity index (χ3n) is 2.59. The number of rotatable bonds is 5. The van der Waals surface area contributed by atoms with Crippen LogP contribution in [0, 0.1) is 0 Å². The Hall–Kier alpha value is -1.65. The van der Waals surface area contributed by atoms with Crippen LogP contribution in [0.3, 0.4) is 0 Å². The number of nitrogens with zero attached hydrogens (tertiary/aromatic N) is 1. The number of para-hydroxylation sites is 1. The van der Waals surface area contributed by atoms with E-state index in [2.05, 4.69) is 16.4 Å². The second kappa shape index (κ2) is 5.61. The molecule has 0 fully saturated rings. The molecule has 0 spiro atoms. The molecular weight excluding hydrogens is 214 g/mol. The van der Waals surface area contributed by atoms with Crippen LogP contribution in [0.1, 0.15) is 5.69 Å². The number of fused-ring (bicyclic) bond motifs is 1. The minimum absolute atomic E-state index is 0.636. The van der Waals surface area contributed by atoms with Crippen LogP contribution in [-0.2, 0) is 6.54 Å². The van der Waals surface area contributed by atoms with Gasteiger partial charge in [0.25, 0.3) is 0 Å². The molecule has 0 amide bonds. The van der Waals surface area contributed by atoms with Crippen LogP contribution in [0.5, 0.6) is 5.75 Å². The summed E-state index contributed by atoms with van der Waals surface area (Å²) in [6.07, 6.45) is 0. The van der Waals surface area contributed by atoms with Gasteiger partial charge in [-0.3, -0.25) is 0 Å². The molecule has 0 aliphatic heterocycles. The van der Waals surface area contributed by atoms with Crippen molar-refractivity contribution in [2.75, 3.05) is 20.2 Å². The molecule has 0 aliphatic rings. The van der Waals surface area contributed by atoms with E-state index in [-0.39, 0.29) is 0 Å². The van der Waals surface area contributed by atoms with Crippen molar-refractivity contribution >= 4 is 10.9 Å². The van der Waals surface area contributed by atoms with Crippen LogP contribution in [0.15, 0.2) is 30.3 Å². The molecule has 0 radical (unpaired) electrons. The summed E-state index contributed by atoms with van der Waals surface area (Å²) in [6, 6.07) is 10.00. The highest BCUT2D eigenvalue weighted by Crippen LogP contribution is 2.23. The van der Waals surface area contributed by atoms with Gasteiger partial charge in [0.1, 0.15) is 11.3 Å². The Kier molecular flexibility index (Phi) is 3.90. The standard InChI is InChI=1S/C13H17N3O/c1-17-12-4-2-3-10-5-6-11(16-13(10)12)9-15-8-7-14/h2-6,15H,7-9,14H2,1H3. The zero-order valence-corrected chi connectivity index (χ0v) is 9.94. The van der Waals surface area contributed by atoms with Crippen LogP contribution in [0.25, 0.3) is 10.9 Å². The summed E-state index contributed by atoms with van der Waals surface area (Å²) < 4.78 is 5.31. The van der Waals surface area contributed by atoms with Gasteiger partial charge in [-0.25, -0.2) is 4.98 Å². The van der Waals surface area contributed by atoms with Crippen LogP contribution in [0.2, 0.25) is 0 Å². The van der Waals surface area contributed by atoms with Crippen LogP contribution < -0.4 is 15.8 Å². The Morgan fingerprint density at radius 1 is 1.29 bits per heavy atom. The first-order valence-electron chi connectivity index (χ1n) is 5.68. The molecule has 4 heteroatoms. The molecule has 3 N–H and O–H groups in total. The number of nitrogens with two attached hydrogens (primary N) is 1. The van der Waals surface area contributed by atoms with Gasteiger partial charge in [-0.1, -0.05) is 18.2 Å². The number of nitrogens with one attached hydrogen (secondary N) is 1. The van der Waals surface area contributed by atoms with Crippen molar-refractivity contribution in [1.82, 2.24) is 10.3 Å². The maximum Gasteiger partial charge on any atom is 0.145 e. The number of hydrogen-bond donors (Lipinski definition) is 2. The molecule has 0 aliphatic carbocycles. The van der Waals surface area contributed by atoms with Crippen molar-refractivity contribution < 1.29 is 4.74 Å². The summed E-state index contributed by atoms with van der Waals surface area (Å²) in [6.45, 7) is 2.16. The second-order valence-electron chi connectivity index (χ2n) is 3.80. The van der Waals surface area contributed by atoms with E-state index in [0.717, 1.165) is 35.4 Å². The van der Waals surface area contributed by atoms with Crippen molar-refractivity contribution in [3.05, 3.63) is 36.0 Å². The Bertz CT molecular complexity index is 499. The first-order chi connectivity index (χ1) is 8.35. The molecule has 0 atom stereocenters. The van der Waals surface area contributed by atoms with E-state index >= 15 is 0 Å². The molecule has 0 saturated heterocycles. The molecule has 90 valence electrons. The van der Waals surface area contributed by atoms with Gasteiger partial charge in [0, 0.05) is 25.0 Å². The van der Waals surface area contributed by atoms with Gasteiger partial charge in [0.05, 0.1) is 12.8 Å². The second-order valence-corrected chi connectivity index (χ2v) is 3.80. The van der Waals surface area contributed by atoms with E-state index in [1.165, 1.54) is 0 Å². The zero-order chi connectivity index (χ0) is 12.1. The Labute approximate surface area is 101 Å². The lowest BCUT2D eigenvalue weighted by atomic mass is 10.2. The first kappa shape index (κ1) is 11.8. The molecule has 1 aromatic carbocycles. The lowest BCUT2D eigenvalue weighted by Gasteiger charge is -2.07. The van der Waals surface area contributed by atoms with E-state index < -0.39 is 0 Å². The normalized spacial score (nSPS) is 10.7. The minimum atomic E-state index is 0.636. The van der Waals surface area contributed by atoms with Crippen LogP contribution in [0.4, 0.5) is 0 Å². The summed E-state index contributed by atoms with van der Waals surface area (Å²) in [4.78, 5) is 4.59. The number of ether oxygens (including phenoxy) is 1. The largest absolute Gasteiger partial charge is 0.494 e. The molecule has 17 heavy (non-hydrogen) atoms. The summed E-state index contributed by atoms with van der Waals surface area (Å²) in [5.74, 6) is 0.808. The summed E-state index contributed by atoms with van der Waals surface area (Å²) in [5.41, 5.74) is 7.33. The van der Waals surface area contributed by atoms with Crippen LogP contribution in [-0.4, -0.2) is 25.2 Å². The van der Waals surface area contributed by atoms with Crippen molar-refractivity contribution in [1.29, 1.82) is 0 Å². The third kappa shape index (κ3) is 2.72. The average molecular weight is 231 g/mol. The fourth-order valence-corrected chi connectivity index (χ4v) is 1.74. The summed E-state index contributed by atoms with van der Waals surface area (Å²) in [5, 5.41) is 4.31. The van der Waals surface area contributed by atoms with Crippen molar-refractivity contribution in [2.45, 2.75) is 6.54 Å². The van der Waals surface area contributed by atoms with Crippen molar-refractivity contribution in [3.63, 3.8) is 0 Å². The molecule has 2 rings (SSSR count). The average Bonchev–Trinajstić information content (AvgIpc) is 2.38. The first-order valence-corrected chi connectivity index (χ1v) is 5.68. The topological polar surface area (TPSA) is 60.2 Å². The molecule has 4 nitrogen and oxygen atoms in total. The van der Waals surface area contributed by atoms with Crippen LogP contribution >= 0.6 is 0 Å². The molecule has 2 aromatic rings. The predicted octanol–water partition coefficient (Wildman–Crippen LogP) is 1.29. The fraction of sp³-hybridized carbons (Fsp3) is 0.308. The van der Waals surface area contributed by atoms with Crippen molar-refractivity contribution in [2.24, 2.45) is 5.73 Å². The van der Waals surface area contributed by atoms with Gasteiger partial charge in [0.15, 0.2) is 0 Å². The van der Waals surface area contributed by atoms with Crippen molar-refractivity contribution in [3.8, 4) is 5.75 Å². The highest BCUT2D eigenvalue weighted by atomic mass is 16.5. The smallest absolute Gasteiger partial charge is 0.145 e. The molecule has 1 heterocycles. The number of aromatic nitrogens is 1. The summed E-state index contributed by atoms with van der Waals surface area (Å²) >= 11 is 0. The van der Waals surface area contributed by atoms with Gasteiger partial charge >= 0.3 is 0 Å². The summed E-state index contributed by atoms with van der Waals surface area (Å²) in [7, 11) is 1.66. The van der Waals surface area contributed by atoms with E-state index in [9.17, 15) is 0 Å². The predicted molar refractivity (Wildman–Crippen MR) is 69.1 cm³/mol. The lowest BCUT2D eigenvalue weighted by Crippen LogP contribution is -2.22. The SMILES string of the molecule is COc1cccc2ccc(CNCCN)nc12. The number of hydrogen-bond acceptors (Lipinski definition) is 4. The van der Waals surface area contributed by atoms with E-state index in [0.29, 0.717) is 6.54 Å². The quantitative estimate of drug-likeness (QED) is 0.761. The molecule has 0 unspecified atom stereocenters. The molecule has 1 aromatic heterocycles. The van der Waals surface area contributed by atoms with E-state index in [1.54, 1.807) is 7.11 Å². The Morgan fingerprint density at radius 2 is 2.18 bits per heavy atom. The number of methoxy groups -OCH3 is 1. The maximum absolute atomic E-state index is 5.43. The highest BCUT2D eigenvalue weighted by Gasteiger charge is 2.03. The third-order valence-corrected chi connectivity index (χ3v) is 2.59. The Morgan fingerprint density at radius 3 is 2.94 bits per heavy atom. The van der Waals surface area contributed by atoms with Gasteiger partial charge < -0.3 is 15.8 Å². The molecular formula is C13H17N3O. The number of benzene rings is 1. The lowest BCUT2D eigenvalue weighted by molar-refractivity contribution is 0.418. The van der Waals surface area contributed by atoms with Gasteiger partial charge in [0.2, 0.25) is 0 Å². The monoisotopic (exact) mass is 231 g/mol. The number of pyridine rings is 1.